The van der Waals surface area contributed by atoms with Crippen LogP contribution in [0, 0.1) is 0 Å². The Morgan fingerprint density at radius 1 is 1.58 bits per heavy atom. The Balaban J connectivity index is 0. The number of ether oxygens (including phenoxy) is 1. The molecular formula is C6H12NNaO2S2. The summed E-state index contributed by atoms with van der Waals surface area (Å²) in [6.45, 7) is 6.13. The summed E-state index contributed by atoms with van der Waals surface area (Å²) in [6.07, 6.45) is 0. The Kier molecular flexibility index (Phi) is 12.7. The first kappa shape index (κ1) is 15.3. The van der Waals surface area contributed by atoms with Crippen LogP contribution in [0.5, 0.6) is 0 Å². The van der Waals surface area contributed by atoms with Gasteiger partial charge in [-0.1, -0.05) is 13.8 Å². The molecule has 0 atom stereocenters. The van der Waals surface area contributed by atoms with Gasteiger partial charge in [0.15, 0.2) is 0 Å². The predicted octanol–water partition coefficient (Wildman–Crippen LogP) is 0.786. The van der Waals surface area contributed by atoms with Gasteiger partial charge in [-0.2, -0.15) is 0 Å². The number of rotatable bonds is 4. The van der Waals surface area contributed by atoms with Crippen molar-refractivity contribution >= 4 is 64.6 Å². The Bertz CT molecular complexity index is 142. The molecule has 12 heavy (non-hydrogen) atoms. The van der Waals surface area contributed by atoms with E-state index in [1.165, 1.54) is 11.9 Å². The zero-order valence-corrected chi connectivity index (χ0v) is 8.20. The molecule has 0 aromatic rings. The van der Waals surface area contributed by atoms with Crippen LogP contribution in [0.15, 0.2) is 0 Å². The van der Waals surface area contributed by atoms with Gasteiger partial charge < -0.3 is 4.74 Å². The summed E-state index contributed by atoms with van der Waals surface area (Å²) in [7, 11) is 0. The van der Waals surface area contributed by atoms with E-state index >= 15 is 0 Å². The molecular weight excluding hydrogens is 205 g/mol. The fourth-order valence-corrected chi connectivity index (χ4v) is 1.43. The summed E-state index contributed by atoms with van der Waals surface area (Å²) >= 11 is 6.01. The van der Waals surface area contributed by atoms with Crippen LogP contribution in [0.1, 0.15) is 13.8 Å². The molecule has 0 fully saturated rings. The summed E-state index contributed by atoms with van der Waals surface area (Å²) in [6, 6.07) is 0. The molecule has 0 aromatic carbocycles. The third kappa shape index (κ3) is 7.52. The molecule has 0 rings (SSSR count). The van der Waals surface area contributed by atoms with Crippen molar-refractivity contribution < 1.29 is 9.53 Å². The van der Waals surface area contributed by atoms with E-state index in [0.29, 0.717) is 6.47 Å². The summed E-state index contributed by atoms with van der Waals surface area (Å²) < 4.78 is 6.69. The zero-order valence-electron chi connectivity index (χ0n) is 6.57. The van der Waals surface area contributed by atoms with E-state index in [9.17, 15) is 4.79 Å². The van der Waals surface area contributed by atoms with Crippen LogP contribution in [0.2, 0.25) is 0 Å². The normalized spacial score (nSPS) is 8.92. The Hall–Kier alpha value is 0.870. The molecule has 0 saturated heterocycles. The van der Waals surface area contributed by atoms with Crippen LogP contribution in [-0.2, 0) is 9.53 Å². The Labute approximate surface area is 105 Å². The summed E-state index contributed by atoms with van der Waals surface area (Å²) in [5.74, 6) is 0. The van der Waals surface area contributed by atoms with E-state index in [1.54, 1.807) is 0 Å². The fraction of sp³-hybridized carbons (Fsp3) is 0.667. The van der Waals surface area contributed by atoms with Crippen molar-refractivity contribution in [1.29, 1.82) is 0 Å². The van der Waals surface area contributed by atoms with Crippen LogP contribution in [-0.4, -0.2) is 57.8 Å². The predicted molar refractivity (Wildman–Crippen MR) is 57.4 cm³/mol. The Morgan fingerprint density at radius 2 is 2.08 bits per heavy atom. The van der Waals surface area contributed by atoms with Crippen LogP contribution in [0.25, 0.3) is 0 Å². The molecule has 0 radical (unpaired) electrons. The number of hydrogen-bond acceptors (Lipinski definition) is 5. The van der Waals surface area contributed by atoms with E-state index in [0.717, 1.165) is 13.1 Å². The van der Waals surface area contributed by atoms with Crippen molar-refractivity contribution in [2.24, 2.45) is 0 Å². The molecule has 0 spiro atoms. The third-order valence-corrected chi connectivity index (χ3v) is 2.39. The van der Waals surface area contributed by atoms with E-state index in [1.807, 2.05) is 18.2 Å². The van der Waals surface area contributed by atoms with Gasteiger partial charge in [0.25, 0.3) is 6.47 Å². The molecule has 0 aliphatic rings. The topological polar surface area (TPSA) is 29.5 Å². The van der Waals surface area contributed by atoms with Gasteiger partial charge in [-0.25, -0.2) is 4.31 Å². The van der Waals surface area contributed by atoms with Gasteiger partial charge in [-0.15, -0.1) is 0 Å². The van der Waals surface area contributed by atoms with E-state index in [2.05, 4.69) is 4.74 Å². The van der Waals surface area contributed by atoms with Crippen LogP contribution in [0.3, 0.4) is 0 Å². The molecule has 66 valence electrons. The first-order valence-electron chi connectivity index (χ1n) is 3.31. The SMILES string of the molecule is CCN(CC)SC(=S)OC=O.[NaH]. The van der Waals surface area contributed by atoms with Crippen molar-refractivity contribution in [3.8, 4) is 0 Å². The average Bonchev–Trinajstić information content (AvgIpc) is 2.01. The molecule has 0 bridgehead atoms. The maximum absolute atomic E-state index is 9.83. The van der Waals surface area contributed by atoms with E-state index < -0.39 is 0 Å². The van der Waals surface area contributed by atoms with Crippen LogP contribution >= 0.6 is 24.2 Å². The molecule has 0 heterocycles. The number of carbonyl (C=O) groups is 1. The molecule has 0 aliphatic carbocycles. The zero-order chi connectivity index (χ0) is 8.69. The minimum atomic E-state index is 0. The van der Waals surface area contributed by atoms with E-state index in [-0.39, 0.29) is 33.9 Å². The van der Waals surface area contributed by atoms with Crippen molar-refractivity contribution in [3.63, 3.8) is 0 Å². The second-order valence-electron chi connectivity index (χ2n) is 1.67. The standard InChI is InChI=1S/C6H11NO2S2.Na.H/c1-3-7(4-2)11-6(10)9-5-8;;/h5H,3-4H2,1-2H3;;. The van der Waals surface area contributed by atoms with Gasteiger partial charge in [-0.05, 0) is 12.2 Å². The van der Waals surface area contributed by atoms with Gasteiger partial charge in [0.1, 0.15) is 0 Å². The average molecular weight is 217 g/mol. The van der Waals surface area contributed by atoms with Crippen LogP contribution in [0.4, 0.5) is 0 Å². The molecule has 0 aromatic heterocycles. The molecule has 6 heteroatoms. The number of carbonyl (C=O) groups excluding carboxylic acids is 1. The third-order valence-electron chi connectivity index (χ3n) is 1.05. The van der Waals surface area contributed by atoms with Crippen molar-refractivity contribution in [2.45, 2.75) is 13.8 Å². The van der Waals surface area contributed by atoms with Gasteiger partial charge in [-0.3, -0.25) is 4.79 Å². The number of hydrogen-bond donors (Lipinski definition) is 0. The first-order valence-corrected chi connectivity index (χ1v) is 4.49. The monoisotopic (exact) mass is 217 g/mol. The maximum atomic E-state index is 9.83. The molecule has 0 aliphatic heterocycles. The second kappa shape index (κ2) is 9.95. The molecule has 0 amide bonds. The van der Waals surface area contributed by atoms with Gasteiger partial charge in [0.2, 0.25) is 4.38 Å². The first-order chi connectivity index (χ1) is 5.24. The quantitative estimate of drug-likeness (QED) is 0.300. The molecule has 0 unspecified atom stereocenters. The van der Waals surface area contributed by atoms with E-state index in [4.69, 9.17) is 12.2 Å². The molecule has 0 N–H and O–H groups in total. The fourth-order valence-electron chi connectivity index (χ4n) is 0.519. The second-order valence-corrected chi connectivity index (χ2v) is 3.37. The van der Waals surface area contributed by atoms with Crippen molar-refractivity contribution in [1.82, 2.24) is 4.31 Å². The molecule has 0 saturated carbocycles. The molecule has 3 nitrogen and oxygen atoms in total. The van der Waals surface area contributed by atoms with Crippen molar-refractivity contribution in [2.75, 3.05) is 13.1 Å². The Morgan fingerprint density at radius 3 is 2.42 bits per heavy atom. The summed E-state index contributed by atoms with van der Waals surface area (Å²) in [5.41, 5.74) is 0. The number of thiocarbonyl (C=S) groups is 1. The summed E-state index contributed by atoms with van der Waals surface area (Å²) in [5, 5.41) is 0. The van der Waals surface area contributed by atoms with Crippen molar-refractivity contribution in [3.05, 3.63) is 0 Å². The van der Waals surface area contributed by atoms with Gasteiger partial charge >= 0.3 is 29.6 Å². The minimum absolute atomic E-state index is 0. The van der Waals surface area contributed by atoms with Gasteiger partial charge in [0.05, 0.1) is 0 Å². The summed E-state index contributed by atoms with van der Waals surface area (Å²) in [4.78, 5) is 9.83. The van der Waals surface area contributed by atoms with Crippen LogP contribution < -0.4 is 0 Å². The number of nitrogens with zero attached hydrogens (tertiary/aromatic N) is 1. The van der Waals surface area contributed by atoms with Gasteiger partial charge in [0, 0.05) is 25.0 Å².